The number of ketones is 1. The minimum atomic E-state index is -3.61. The number of aromatic amines is 1. The first kappa shape index (κ1) is 19.7. The summed E-state index contributed by atoms with van der Waals surface area (Å²) in [7, 11) is -3.61. The normalized spacial score (nSPS) is 16.6. The number of carbonyl (C=O) groups is 1. The molecule has 1 aromatic heterocycles. The van der Waals surface area contributed by atoms with Crippen LogP contribution < -0.4 is 0 Å². The van der Waals surface area contributed by atoms with Crippen molar-refractivity contribution in [3.05, 3.63) is 46.5 Å². The number of nitrogens with one attached hydrogen (secondary N) is 1. The van der Waals surface area contributed by atoms with E-state index in [9.17, 15) is 17.6 Å². The molecule has 2 aromatic rings. The number of hydrogen-bond donors (Lipinski definition) is 1. The van der Waals surface area contributed by atoms with E-state index in [2.05, 4.69) is 10.2 Å². The standard InChI is InChI=1S/C18H23FN4O3S/c1-12-10-15(4-5-16(12)19)17(24)11-22-6-8-23(9-7-22)27(25,26)18-13(2)20-21-14(18)3/h4-5,10H,6-9,11H2,1-3H3,(H,20,21). The van der Waals surface area contributed by atoms with Gasteiger partial charge in [-0.3, -0.25) is 14.8 Å². The van der Waals surface area contributed by atoms with Crippen LogP contribution in [0.5, 0.6) is 0 Å². The lowest BCUT2D eigenvalue weighted by Crippen LogP contribution is -2.49. The average molecular weight is 394 g/mol. The van der Waals surface area contributed by atoms with Crippen LogP contribution in [0.3, 0.4) is 0 Å². The zero-order chi connectivity index (χ0) is 19.8. The van der Waals surface area contributed by atoms with E-state index in [0.717, 1.165) is 0 Å². The maximum absolute atomic E-state index is 13.4. The number of halogens is 1. The summed E-state index contributed by atoms with van der Waals surface area (Å²) in [5.74, 6) is -0.439. The van der Waals surface area contributed by atoms with Crippen LogP contribution in [-0.4, -0.2) is 66.3 Å². The summed E-state index contributed by atoms with van der Waals surface area (Å²) in [5, 5.41) is 6.67. The molecule has 0 amide bonds. The van der Waals surface area contributed by atoms with Gasteiger partial charge in [0.05, 0.1) is 17.9 Å². The van der Waals surface area contributed by atoms with Gasteiger partial charge in [-0.05, 0) is 44.5 Å². The largest absolute Gasteiger partial charge is 0.293 e. The Morgan fingerprint density at radius 3 is 2.41 bits per heavy atom. The van der Waals surface area contributed by atoms with Crippen molar-refractivity contribution in [2.24, 2.45) is 0 Å². The number of carbonyl (C=O) groups excluding carboxylic acids is 1. The summed E-state index contributed by atoms with van der Waals surface area (Å²) in [6.07, 6.45) is 0. The molecule has 2 heterocycles. The van der Waals surface area contributed by atoms with Gasteiger partial charge in [0.15, 0.2) is 5.78 Å². The molecule has 0 atom stereocenters. The third-order valence-electron chi connectivity index (χ3n) is 4.84. The van der Waals surface area contributed by atoms with E-state index < -0.39 is 10.0 Å². The van der Waals surface area contributed by atoms with Crippen molar-refractivity contribution < 1.29 is 17.6 Å². The first-order chi connectivity index (χ1) is 12.7. The molecule has 146 valence electrons. The quantitative estimate of drug-likeness (QED) is 0.780. The minimum Gasteiger partial charge on any atom is -0.293 e. The SMILES string of the molecule is Cc1cc(C(=O)CN2CCN(S(=O)(=O)c3c(C)n[nH]c3C)CC2)ccc1F. The molecule has 0 bridgehead atoms. The number of aryl methyl sites for hydroxylation is 3. The molecular weight excluding hydrogens is 371 g/mol. The summed E-state index contributed by atoms with van der Waals surface area (Å²) in [6.45, 7) is 6.69. The number of hydrogen-bond acceptors (Lipinski definition) is 5. The summed E-state index contributed by atoms with van der Waals surface area (Å²) >= 11 is 0. The van der Waals surface area contributed by atoms with Crippen LogP contribution in [0, 0.1) is 26.6 Å². The molecule has 7 nitrogen and oxygen atoms in total. The van der Waals surface area contributed by atoms with Crippen LogP contribution in [0.2, 0.25) is 0 Å². The van der Waals surface area contributed by atoms with Gasteiger partial charge in [-0.1, -0.05) is 0 Å². The Balaban J connectivity index is 1.63. The molecule has 1 saturated heterocycles. The van der Waals surface area contributed by atoms with Crippen LogP contribution in [0.15, 0.2) is 23.1 Å². The molecule has 27 heavy (non-hydrogen) atoms. The number of piperazine rings is 1. The Labute approximate surface area is 158 Å². The number of H-pyrrole nitrogens is 1. The fourth-order valence-electron chi connectivity index (χ4n) is 3.29. The molecule has 0 aliphatic carbocycles. The fourth-order valence-corrected chi connectivity index (χ4v) is 5.04. The number of rotatable bonds is 5. The molecular formula is C18H23FN4O3S. The molecule has 3 rings (SSSR count). The predicted octanol–water partition coefficient (Wildman–Crippen LogP) is 1.66. The molecule has 0 spiro atoms. The maximum atomic E-state index is 13.4. The number of nitrogens with zero attached hydrogens (tertiary/aromatic N) is 3. The Morgan fingerprint density at radius 1 is 1.19 bits per heavy atom. The van der Waals surface area contributed by atoms with E-state index in [1.807, 2.05) is 4.90 Å². The molecule has 1 aliphatic rings. The fraction of sp³-hybridized carbons (Fsp3) is 0.444. The van der Waals surface area contributed by atoms with Crippen LogP contribution in [0.4, 0.5) is 4.39 Å². The van der Waals surface area contributed by atoms with Gasteiger partial charge in [0.25, 0.3) is 0 Å². The Bertz CT molecular complexity index is 943. The van der Waals surface area contributed by atoms with Crippen molar-refractivity contribution in [1.29, 1.82) is 0 Å². The monoisotopic (exact) mass is 394 g/mol. The van der Waals surface area contributed by atoms with Crippen LogP contribution >= 0.6 is 0 Å². The molecule has 0 saturated carbocycles. The molecule has 1 aliphatic heterocycles. The third-order valence-corrected chi connectivity index (χ3v) is 7.00. The van der Waals surface area contributed by atoms with Gasteiger partial charge in [-0.25, -0.2) is 12.8 Å². The van der Waals surface area contributed by atoms with Crippen LogP contribution in [-0.2, 0) is 10.0 Å². The zero-order valence-electron chi connectivity index (χ0n) is 15.6. The third kappa shape index (κ3) is 3.95. The number of aromatic nitrogens is 2. The zero-order valence-corrected chi connectivity index (χ0v) is 16.4. The van der Waals surface area contributed by atoms with Gasteiger partial charge in [-0.15, -0.1) is 0 Å². The highest BCUT2D eigenvalue weighted by atomic mass is 32.2. The second-order valence-corrected chi connectivity index (χ2v) is 8.71. The van der Waals surface area contributed by atoms with Crippen molar-refractivity contribution in [3.63, 3.8) is 0 Å². The lowest BCUT2D eigenvalue weighted by atomic mass is 10.1. The Kier molecular flexibility index (Phi) is 5.45. The van der Waals surface area contributed by atoms with Crippen LogP contribution in [0.25, 0.3) is 0 Å². The molecule has 1 fully saturated rings. The van der Waals surface area contributed by atoms with E-state index in [0.29, 0.717) is 48.7 Å². The summed E-state index contributed by atoms with van der Waals surface area (Å²) in [6, 6.07) is 4.32. The number of sulfonamides is 1. The van der Waals surface area contributed by atoms with Gasteiger partial charge >= 0.3 is 0 Å². The second kappa shape index (κ2) is 7.49. The molecule has 1 N–H and O–H groups in total. The van der Waals surface area contributed by atoms with E-state index in [1.165, 1.54) is 16.4 Å². The van der Waals surface area contributed by atoms with E-state index >= 15 is 0 Å². The lowest BCUT2D eigenvalue weighted by molar-refractivity contribution is 0.0901. The molecule has 1 aromatic carbocycles. The Hall–Kier alpha value is -2.10. The van der Waals surface area contributed by atoms with Gasteiger partial charge in [0.1, 0.15) is 10.7 Å². The van der Waals surface area contributed by atoms with Gasteiger partial charge in [0, 0.05) is 31.7 Å². The van der Waals surface area contributed by atoms with Crippen molar-refractivity contribution in [1.82, 2.24) is 19.4 Å². The van der Waals surface area contributed by atoms with E-state index in [-0.39, 0.29) is 23.0 Å². The summed E-state index contributed by atoms with van der Waals surface area (Å²) in [4.78, 5) is 14.6. The average Bonchev–Trinajstić information content (AvgIpc) is 2.97. The highest BCUT2D eigenvalue weighted by molar-refractivity contribution is 7.89. The van der Waals surface area contributed by atoms with E-state index in [4.69, 9.17) is 0 Å². The summed E-state index contributed by atoms with van der Waals surface area (Å²) < 4.78 is 40.5. The van der Waals surface area contributed by atoms with Crippen LogP contribution in [0.1, 0.15) is 27.3 Å². The first-order valence-corrected chi connectivity index (χ1v) is 10.2. The second-order valence-electron chi connectivity index (χ2n) is 6.83. The van der Waals surface area contributed by atoms with Gasteiger partial charge in [-0.2, -0.15) is 9.40 Å². The number of Topliss-reactive ketones (excluding diaryl/α,β-unsaturated/α-hetero) is 1. The van der Waals surface area contributed by atoms with Gasteiger partial charge < -0.3 is 0 Å². The minimum absolute atomic E-state index is 0.101. The first-order valence-electron chi connectivity index (χ1n) is 8.73. The van der Waals surface area contributed by atoms with Crippen molar-refractivity contribution in [2.45, 2.75) is 25.7 Å². The molecule has 9 heteroatoms. The van der Waals surface area contributed by atoms with Crippen molar-refractivity contribution >= 4 is 15.8 Å². The topological polar surface area (TPSA) is 86.4 Å². The summed E-state index contributed by atoms with van der Waals surface area (Å²) in [5.41, 5.74) is 1.88. The van der Waals surface area contributed by atoms with Gasteiger partial charge in [0.2, 0.25) is 10.0 Å². The maximum Gasteiger partial charge on any atom is 0.246 e. The molecule has 0 unspecified atom stereocenters. The Morgan fingerprint density at radius 2 is 1.85 bits per heavy atom. The van der Waals surface area contributed by atoms with Crippen molar-refractivity contribution in [2.75, 3.05) is 32.7 Å². The smallest absolute Gasteiger partial charge is 0.246 e. The number of benzene rings is 1. The van der Waals surface area contributed by atoms with Crippen molar-refractivity contribution in [3.8, 4) is 0 Å². The lowest BCUT2D eigenvalue weighted by Gasteiger charge is -2.33. The predicted molar refractivity (Wildman–Crippen MR) is 98.7 cm³/mol. The molecule has 0 radical (unpaired) electrons. The van der Waals surface area contributed by atoms with E-state index in [1.54, 1.807) is 26.8 Å². The highest BCUT2D eigenvalue weighted by Gasteiger charge is 2.32. The highest BCUT2D eigenvalue weighted by Crippen LogP contribution is 2.22.